The first-order valence-corrected chi connectivity index (χ1v) is 10.0. The van der Waals surface area contributed by atoms with Crippen LogP contribution in [-0.2, 0) is 20.6 Å². The quantitative estimate of drug-likeness (QED) is 0.274. The summed E-state index contributed by atoms with van der Waals surface area (Å²) in [4.78, 5) is 40.3. The highest BCUT2D eigenvalue weighted by Crippen LogP contribution is 2.18. The van der Waals surface area contributed by atoms with Gasteiger partial charge in [-0.25, -0.2) is 10.2 Å². The molecular weight excluding hydrogens is 426 g/mol. The van der Waals surface area contributed by atoms with Gasteiger partial charge in [-0.05, 0) is 12.5 Å². The van der Waals surface area contributed by atoms with Crippen molar-refractivity contribution < 1.29 is 4.92 Å². The monoisotopic (exact) mass is 447 g/mol. The van der Waals surface area contributed by atoms with Crippen LogP contribution < -0.4 is 16.7 Å². The fourth-order valence-electron chi connectivity index (χ4n) is 3.45. The summed E-state index contributed by atoms with van der Waals surface area (Å²) in [7, 11) is 2.96. The van der Waals surface area contributed by atoms with Gasteiger partial charge >= 0.3 is 5.69 Å². The van der Waals surface area contributed by atoms with Gasteiger partial charge in [0.1, 0.15) is 0 Å². The van der Waals surface area contributed by atoms with E-state index in [1.165, 1.54) is 30.0 Å². The number of nitro benzene ring substituents is 1. The number of rotatable bonds is 6. The van der Waals surface area contributed by atoms with Gasteiger partial charge < -0.3 is 0 Å². The van der Waals surface area contributed by atoms with E-state index in [1.54, 1.807) is 23.7 Å². The SMILES string of the molecule is Cc1ccc(Cn2c(NN=Cc3cccc([N+](=O)[O-])c3)nc3c2c(=O)n(C)c(=O)n3C)cc1. The van der Waals surface area contributed by atoms with Crippen molar-refractivity contribution in [2.75, 3.05) is 5.43 Å². The van der Waals surface area contributed by atoms with Crippen LogP contribution in [0.5, 0.6) is 0 Å². The van der Waals surface area contributed by atoms with Gasteiger partial charge in [0.05, 0.1) is 17.7 Å². The molecule has 0 aliphatic heterocycles. The number of nitrogens with one attached hydrogen (secondary N) is 1. The summed E-state index contributed by atoms with van der Waals surface area (Å²) in [6, 6.07) is 13.8. The largest absolute Gasteiger partial charge is 0.332 e. The van der Waals surface area contributed by atoms with Crippen LogP contribution in [0, 0.1) is 17.0 Å². The lowest BCUT2D eigenvalue weighted by Crippen LogP contribution is -2.37. The van der Waals surface area contributed by atoms with E-state index in [9.17, 15) is 19.7 Å². The van der Waals surface area contributed by atoms with Gasteiger partial charge in [-0.2, -0.15) is 10.1 Å². The van der Waals surface area contributed by atoms with Gasteiger partial charge in [-0.15, -0.1) is 0 Å². The third kappa shape index (κ3) is 4.15. The smallest absolute Gasteiger partial charge is 0.298 e. The number of hydrazone groups is 1. The lowest BCUT2D eigenvalue weighted by atomic mass is 10.1. The zero-order valence-electron chi connectivity index (χ0n) is 18.2. The van der Waals surface area contributed by atoms with Gasteiger partial charge in [0.2, 0.25) is 5.95 Å². The number of nitrogens with zero attached hydrogens (tertiary/aromatic N) is 6. The van der Waals surface area contributed by atoms with E-state index >= 15 is 0 Å². The predicted molar refractivity (Wildman–Crippen MR) is 125 cm³/mol. The van der Waals surface area contributed by atoms with Crippen LogP contribution in [0.4, 0.5) is 11.6 Å². The van der Waals surface area contributed by atoms with Gasteiger partial charge in [-0.1, -0.05) is 42.0 Å². The minimum absolute atomic E-state index is 0.0518. The minimum atomic E-state index is -0.487. The fourth-order valence-corrected chi connectivity index (χ4v) is 3.45. The number of aryl methyl sites for hydroxylation is 2. The van der Waals surface area contributed by atoms with Crippen molar-refractivity contribution in [2.45, 2.75) is 13.5 Å². The molecule has 0 unspecified atom stereocenters. The predicted octanol–water partition coefficient (Wildman–Crippen LogP) is 2.14. The average Bonchev–Trinajstić information content (AvgIpc) is 3.16. The van der Waals surface area contributed by atoms with Crippen LogP contribution in [0.1, 0.15) is 16.7 Å². The highest BCUT2D eigenvalue weighted by Gasteiger charge is 2.19. The van der Waals surface area contributed by atoms with E-state index in [2.05, 4.69) is 15.5 Å². The highest BCUT2D eigenvalue weighted by molar-refractivity contribution is 5.81. The summed E-state index contributed by atoms with van der Waals surface area (Å²) in [6.07, 6.45) is 1.42. The molecule has 0 spiro atoms. The Kier molecular flexibility index (Phi) is 5.61. The summed E-state index contributed by atoms with van der Waals surface area (Å²) >= 11 is 0. The molecule has 1 N–H and O–H groups in total. The maximum Gasteiger partial charge on any atom is 0.332 e. The number of hydrogen-bond donors (Lipinski definition) is 1. The van der Waals surface area contributed by atoms with Crippen LogP contribution in [-0.4, -0.2) is 29.8 Å². The van der Waals surface area contributed by atoms with E-state index in [1.807, 2.05) is 31.2 Å². The van der Waals surface area contributed by atoms with Gasteiger partial charge in [0, 0.05) is 31.8 Å². The second-order valence-corrected chi connectivity index (χ2v) is 7.61. The van der Waals surface area contributed by atoms with Crippen molar-refractivity contribution in [1.29, 1.82) is 0 Å². The van der Waals surface area contributed by atoms with Crippen molar-refractivity contribution in [2.24, 2.45) is 19.2 Å². The fraction of sp³-hybridized carbons (Fsp3) is 0.182. The first-order chi connectivity index (χ1) is 15.8. The van der Waals surface area contributed by atoms with Crippen molar-refractivity contribution in [3.8, 4) is 0 Å². The molecule has 4 rings (SSSR count). The summed E-state index contributed by atoms with van der Waals surface area (Å²) in [5, 5.41) is 15.1. The van der Waals surface area contributed by atoms with Crippen LogP contribution in [0.2, 0.25) is 0 Å². The van der Waals surface area contributed by atoms with Gasteiger partial charge in [-0.3, -0.25) is 28.6 Å². The Morgan fingerprint density at radius 1 is 1.12 bits per heavy atom. The molecule has 0 fully saturated rings. The molecule has 0 aliphatic rings. The van der Waals surface area contributed by atoms with E-state index in [4.69, 9.17) is 0 Å². The Bertz CT molecular complexity index is 1510. The molecule has 4 aromatic rings. The molecule has 2 aromatic heterocycles. The highest BCUT2D eigenvalue weighted by atomic mass is 16.6. The second kappa shape index (κ2) is 8.54. The molecule has 2 aromatic carbocycles. The number of nitro groups is 1. The number of imidazole rings is 1. The molecule has 0 aliphatic carbocycles. The normalized spacial score (nSPS) is 11.4. The number of benzene rings is 2. The van der Waals surface area contributed by atoms with Crippen molar-refractivity contribution in [1.82, 2.24) is 18.7 Å². The molecule has 0 saturated carbocycles. The third-order valence-corrected chi connectivity index (χ3v) is 5.27. The number of aromatic nitrogens is 4. The molecule has 0 bridgehead atoms. The standard InChI is InChI=1S/C22H21N7O4/c1-14-7-9-15(10-8-14)13-28-18-19(26(2)22(31)27(3)20(18)30)24-21(28)25-23-12-16-5-4-6-17(11-16)29(32)33/h4-12H,13H2,1-3H3,(H,24,25). The lowest BCUT2D eigenvalue weighted by Gasteiger charge is -2.09. The van der Waals surface area contributed by atoms with Gasteiger partial charge in [0.15, 0.2) is 11.2 Å². The second-order valence-electron chi connectivity index (χ2n) is 7.61. The molecule has 2 heterocycles. The van der Waals surface area contributed by atoms with Crippen LogP contribution in [0.3, 0.4) is 0 Å². The van der Waals surface area contributed by atoms with Crippen LogP contribution in [0.15, 0.2) is 63.2 Å². The number of hydrogen-bond acceptors (Lipinski definition) is 7. The van der Waals surface area contributed by atoms with E-state index in [0.29, 0.717) is 12.1 Å². The first kappa shape index (κ1) is 21.7. The van der Waals surface area contributed by atoms with E-state index in [0.717, 1.165) is 15.7 Å². The maximum atomic E-state index is 12.9. The van der Waals surface area contributed by atoms with Crippen LogP contribution >= 0.6 is 0 Å². The maximum absolute atomic E-state index is 12.9. The molecule has 0 amide bonds. The number of anilines is 1. The van der Waals surface area contributed by atoms with Crippen LogP contribution in [0.25, 0.3) is 11.2 Å². The molecule has 0 atom stereocenters. The Morgan fingerprint density at radius 3 is 2.55 bits per heavy atom. The molecule has 0 saturated heterocycles. The van der Waals surface area contributed by atoms with Gasteiger partial charge in [0.25, 0.3) is 11.2 Å². The Hall–Kier alpha value is -4.54. The lowest BCUT2D eigenvalue weighted by molar-refractivity contribution is -0.384. The van der Waals surface area contributed by atoms with Crippen molar-refractivity contribution in [3.05, 3.63) is 96.2 Å². The van der Waals surface area contributed by atoms with Crippen molar-refractivity contribution >= 4 is 29.0 Å². The summed E-state index contributed by atoms with van der Waals surface area (Å²) in [5.41, 5.74) is 4.84. The molecule has 168 valence electrons. The zero-order chi connectivity index (χ0) is 23.7. The molecule has 33 heavy (non-hydrogen) atoms. The topological polar surface area (TPSA) is 129 Å². The zero-order valence-corrected chi connectivity index (χ0v) is 18.2. The third-order valence-electron chi connectivity index (χ3n) is 5.27. The molecule has 11 nitrogen and oxygen atoms in total. The minimum Gasteiger partial charge on any atom is -0.298 e. The molecule has 0 radical (unpaired) electrons. The van der Waals surface area contributed by atoms with E-state index in [-0.39, 0.29) is 22.8 Å². The Labute approximate surface area is 187 Å². The van der Waals surface area contributed by atoms with E-state index < -0.39 is 16.2 Å². The molecular formula is C22H21N7O4. The Balaban J connectivity index is 1.79. The molecule has 11 heteroatoms. The van der Waals surface area contributed by atoms with Crippen molar-refractivity contribution in [3.63, 3.8) is 0 Å². The average molecular weight is 447 g/mol. The number of non-ortho nitro benzene ring substituents is 1. The summed E-state index contributed by atoms with van der Waals surface area (Å²) in [6.45, 7) is 2.30. The first-order valence-electron chi connectivity index (χ1n) is 10.0. The Morgan fingerprint density at radius 2 is 1.85 bits per heavy atom. The summed E-state index contributed by atoms with van der Waals surface area (Å²) in [5.74, 6) is 0.255. The summed E-state index contributed by atoms with van der Waals surface area (Å²) < 4.78 is 4.00. The number of fused-ring (bicyclic) bond motifs is 1.